The van der Waals surface area contributed by atoms with Crippen LogP contribution in [0.15, 0.2) is 24.3 Å². The van der Waals surface area contributed by atoms with Crippen molar-refractivity contribution >= 4 is 5.91 Å². The molecule has 1 aromatic rings. The molecule has 1 atom stereocenters. The zero-order valence-electron chi connectivity index (χ0n) is 17.8. The van der Waals surface area contributed by atoms with Gasteiger partial charge in [-0.05, 0) is 82.9 Å². The molecule has 4 nitrogen and oxygen atoms in total. The number of fused-ring (bicyclic) bond motifs is 1. The smallest absolute Gasteiger partial charge is 0.226 e. The molecule has 0 saturated carbocycles. The number of hydrogen-bond acceptors (Lipinski definition) is 3. The lowest BCUT2D eigenvalue weighted by Crippen LogP contribution is -2.51. The summed E-state index contributed by atoms with van der Waals surface area (Å²) in [5, 5.41) is 0. The highest BCUT2D eigenvalue weighted by Crippen LogP contribution is 2.39. The van der Waals surface area contributed by atoms with Gasteiger partial charge in [-0.2, -0.15) is 0 Å². The summed E-state index contributed by atoms with van der Waals surface area (Å²) < 4.78 is 0. The molecule has 1 spiro atoms. The van der Waals surface area contributed by atoms with Crippen molar-refractivity contribution in [2.24, 2.45) is 11.3 Å². The first-order chi connectivity index (χ1) is 13.6. The average Bonchev–Trinajstić information content (AvgIpc) is 2.85. The molecule has 1 aromatic carbocycles. The van der Waals surface area contributed by atoms with Crippen LogP contribution in [0.2, 0.25) is 0 Å². The van der Waals surface area contributed by atoms with Crippen LogP contribution in [0.5, 0.6) is 0 Å². The van der Waals surface area contributed by atoms with Crippen LogP contribution in [0, 0.1) is 11.3 Å². The lowest BCUT2D eigenvalue weighted by Gasteiger charge is -2.45. The first-order valence-corrected chi connectivity index (χ1v) is 11.3. The van der Waals surface area contributed by atoms with E-state index in [1.165, 1.54) is 43.5 Å². The Hall–Kier alpha value is -1.39. The van der Waals surface area contributed by atoms with E-state index in [1.54, 1.807) is 0 Å². The van der Waals surface area contributed by atoms with Crippen LogP contribution < -0.4 is 0 Å². The van der Waals surface area contributed by atoms with Crippen molar-refractivity contribution in [1.82, 2.24) is 14.7 Å². The Labute approximate surface area is 170 Å². The number of hydrogen-bond donors (Lipinski definition) is 0. The number of likely N-dealkylation sites (tertiary alicyclic amines) is 2. The minimum absolute atomic E-state index is 0.217. The summed E-state index contributed by atoms with van der Waals surface area (Å²) in [7, 11) is 2.17. The highest BCUT2D eigenvalue weighted by Gasteiger charge is 2.41. The molecule has 0 aliphatic carbocycles. The van der Waals surface area contributed by atoms with Crippen molar-refractivity contribution in [1.29, 1.82) is 0 Å². The van der Waals surface area contributed by atoms with Gasteiger partial charge in [-0.15, -0.1) is 0 Å². The van der Waals surface area contributed by atoms with E-state index >= 15 is 0 Å². The van der Waals surface area contributed by atoms with Gasteiger partial charge in [0.15, 0.2) is 0 Å². The Morgan fingerprint density at radius 1 is 1.11 bits per heavy atom. The molecule has 2 saturated heterocycles. The molecule has 0 radical (unpaired) electrons. The molecule has 1 amide bonds. The first-order valence-electron chi connectivity index (χ1n) is 11.3. The van der Waals surface area contributed by atoms with Crippen LogP contribution in [0.1, 0.15) is 50.2 Å². The van der Waals surface area contributed by atoms with E-state index in [4.69, 9.17) is 0 Å². The van der Waals surface area contributed by atoms with E-state index in [2.05, 4.69) is 52.9 Å². The number of nitrogens with zero attached hydrogens (tertiary/aromatic N) is 3. The van der Waals surface area contributed by atoms with Gasteiger partial charge in [0, 0.05) is 31.0 Å². The van der Waals surface area contributed by atoms with Gasteiger partial charge in [-0.1, -0.05) is 31.2 Å². The summed E-state index contributed by atoms with van der Waals surface area (Å²) >= 11 is 0. The third-order valence-electron chi connectivity index (χ3n) is 7.23. The molecule has 28 heavy (non-hydrogen) atoms. The fourth-order valence-electron chi connectivity index (χ4n) is 5.77. The Morgan fingerprint density at radius 3 is 2.61 bits per heavy atom. The maximum absolute atomic E-state index is 13.5. The molecule has 0 bridgehead atoms. The number of rotatable bonds is 3. The molecule has 4 heteroatoms. The van der Waals surface area contributed by atoms with E-state index in [1.807, 2.05) is 0 Å². The van der Waals surface area contributed by atoms with Crippen LogP contribution >= 0.6 is 0 Å². The minimum atomic E-state index is 0.217. The van der Waals surface area contributed by atoms with Gasteiger partial charge in [0.2, 0.25) is 5.91 Å². The fourth-order valence-corrected chi connectivity index (χ4v) is 5.77. The molecule has 3 aliphatic rings. The van der Waals surface area contributed by atoms with Crippen LogP contribution in [0.3, 0.4) is 0 Å². The van der Waals surface area contributed by atoms with Gasteiger partial charge in [-0.3, -0.25) is 4.79 Å². The van der Waals surface area contributed by atoms with Gasteiger partial charge < -0.3 is 14.7 Å². The van der Waals surface area contributed by atoms with E-state index in [9.17, 15) is 4.79 Å². The molecule has 3 aliphatic heterocycles. The zero-order chi connectivity index (χ0) is 19.6. The molecule has 0 N–H and O–H groups in total. The van der Waals surface area contributed by atoms with E-state index in [0.29, 0.717) is 5.91 Å². The maximum Gasteiger partial charge on any atom is 0.226 e. The predicted molar refractivity (Wildman–Crippen MR) is 114 cm³/mol. The number of benzene rings is 1. The standard InChI is InChI=1S/C24H37N3O/c1-3-12-26-13-6-11-24(18-26)16-21-7-4-5-8-22(21)17-27(19-24)23(28)20-9-14-25(2)15-10-20/h4-5,7-8,20H,3,6,9-19H2,1-2H3. The normalized spacial score (nSPS) is 27.6. The van der Waals surface area contributed by atoms with Gasteiger partial charge in [0.05, 0.1) is 0 Å². The average molecular weight is 384 g/mol. The first kappa shape index (κ1) is 19.9. The second-order valence-corrected chi connectivity index (χ2v) is 9.60. The number of carbonyl (C=O) groups excluding carboxylic acids is 1. The monoisotopic (exact) mass is 383 g/mol. The van der Waals surface area contributed by atoms with Gasteiger partial charge >= 0.3 is 0 Å². The summed E-state index contributed by atoms with van der Waals surface area (Å²) in [5.74, 6) is 0.630. The molecule has 154 valence electrons. The van der Waals surface area contributed by atoms with E-state index in [0.717, 1.165) is 52.0 Å². The van der Waals surface area contributed by atoms with Crippen molar-refractivity contribution < 1.29 is 4.79 Å². The lowest BCUT2D eigenvalue weighted by molar-refractivity contribution is -0.139. The van der Waals surface area contributed by atoms with E-state index in [-0.39, 0.29) is 11.3 Å². The number of amides is 1. The third-order valence-corrected chi connectivity index (χ3v) is 7.23. The van der Waals surface area contributed by atoms with Crippen molar-refractivity contribution in [2.75, 3.05) is 46.3 Å². The highest BCUT2D eigenvalue weighted by atomic mass is 16.2. The molecule has 2 fully saturated rings. The Kier molecular flexibility index (Phi) is 6.07. The molecule has 3 heterocycles. The third kappa shape index (κ3) is 4.28. The molecule has 0 aromatic heterocycles. The van der Waals surface area contributed by atoms with Crippen LogP contribution in [-0.4, -0.2) is 66.9 Å². The maximum atomic E-state index is 13.5. The van der Waals surface area contributed by atoms with Crippen molar-refractivity contribution in [3.8, 4) is 0 Å². The zero-order valence-corrected chi connectivity index (χ0v) is 17.8. The van der Waals surface area contributed by atoms with Gasteiger partial charge in [-0.25, -0.2) is 0 Å². The topological polar surface area (TPSA) is 26.8 Å². The summed E-state index contributed by atoms with van der Waals surface area (Å²) in [5.41, 5.74) is 3.06. The van der Waals surface area contributed by atoms with Gasteiger partial charge in [0.25, 0.3) is 0 Å². The van der Waals surface area contributed by atoms with Crippen molar-refractivity contribution in [2.45, 2.75) is 52.0 Å². The fraction of sp³-hybridized carbons (Fsp3) is 0.708. The SMILES string of the molecule is CCCN1CCCC2(Cc3ccccc3CN(C(=O)C3CCN(C)CC3)C2)C1. The molecule has 1 unspecified atom stereocenters. The Morgan fingerprint density at radius 2 is 1.86 bits per heavy atom. The minimum Gasteiger partial charge on any atom is -0.338 e. The lowest BCUT2D eigenvalue weighted by atomic mass is 9.74. The Bertz CT molecular complexity index is 680. The highest BCUT2D eigenvalue weighted by molar-refractivity contribution is 5.79. The molecular formula is C24H37N3O. The molecular weight excluding hydrogens is 346 g/mol. The van der Waals surface area contributed by atoms with Crippen LogP contribution in [0.25, 0.3) is 0 Å². The summed E-state index contributed by atoms with van der Waals surface area (Å²) in [6.07, 6.45) is 6.88. The quantitative estimate of drug-likeness (QED) is 0.800. The van der Waals surface area contributed by atoms with Crippen LogP contribution in [-0.2, 0) is 17.8 Å². The van der Waals surface area contributed by atoms with Crippen molar-refractivity contribution in [3.05, 3.63) is 35.4 Å². The van der Waals surface area contributed by atoms with E-state index < -0.39 is 0 Å². The largest absolute Gasteiger partial charge is 0.338 e. The second kappa shape index (κ2) is 8.54. The van der Waals surface area contributed by atoms with Crippen molar-refractivity contribution in [3.63, 3.8) is 0 Å². The summed E-state index contributed by atoms with van der Waals surface area (Å²) in [6.45, 7) is 9.68. The summed E-state index contributed by atoms with van der Waals surface area (Å²) in [6, 6.07) is 8.86. The van der Waals surface area contributed by atoms with Gasteiger partial charge in [0.1, 0.15) is 0 Å². The molecule has 4 rings (SSSR count). The number of piperidine rings is 2. The van der Waals surface area contributed by atoms with Crippen LogP contribution in [0.4, 0.5) is 0 Å². The number of carbonyl (C=O) groups is 1. The summed E-state index contributed by atoms with van der Waals surface area (Å²) in [4.78, 5) is 20.8. The predicted octanol–water partition coefficient (Wildman–Crippen LogP) is 3.41. The second-order valence-electron chi connectivity index (χ2n) is 9.60. The Balaban J connectivity index is 1.59.